The summed E-state index contributed by atoms with van der Waals surface area (Å²) >= 11 is 0. The molecule has 0 radical (unpaired) electrons. The minimum absolute atomic E-state index is 0.202. The van der Waals surface area contributed by atoms with Crippen molar-refractivity contribution in [1.82, 2.24) is 0 Å². The molecule has 3 nitrogen and oxygen atoms in total. The Balaban J connectivity index is 2.23. The largest absolute Gasteiger partial charge is 0.472 e. The molecule has 3 heteroatoms. The van der Waals surface area contributed by atoms with Crippen LogP contribution in [-0.2, 0) is 6.42 Å². The molecule has 18 heavy (non-hydrogen) atoms. The van der Waals surface area contributed by atoms with Gasteiger partial charge in [0, 0.05) is 0 Å². The molecule has 0 amide bonds. The Morgan fingerprint density at radius 2 is 2.28 bits per heavy atom. The maximum Gasteiger partial charge on any atom is 0.106 e. The molecule has 100 valence electrons. The number of hydrogen-bond acceptors (Lipinski definition) is 3. The predicted octanol–water partition coefficient (Wildman–Crippen LogP) is 2.54. The molecule has 0 saturated carbocycles. The van der Waals surface area contributed by atoms with Gasteiger partial charge in [-0.3, -0.25) is 0 Å². The van der Waals surface area contributed by atoms with Crippen LogP contribution < -0.4 is 0 Å². The molecular formula is C15H22O3. The van der Waals surface area contributed by atoms with Crippen molar-refractivity contribution in [2.45, 2.75) is 38.7 Å². The van der Waals surface area contributed by atoms with E-state index in [9.17, 15) is 10.2 Å². The number of aliphatic hydroxyl groups excluding tert-OH is 1. The monoisotopic (exact) mass is 250 g/mol. The van der Waals surface area contributed by atoms with Crippen LogP contribution in [0.4, 0.5) is 0 Å². The highest BCUT2D eigenvalue weighted by molar-refractivity contribution is 5.25. The molecule has 1 aliphatic carbocycles. The first-order valence-corrected chi connectivity index (χ1v) is 6.60. The van der Waals surface area contributed by atoms with E-state index in [0.29, 0.717) is 18.3 Å². The zero-order chi connectivity index (χ0) is 13.2. The lowest BCUT2D eigenvalue weighted by Crippen LogP contribution is -2.37. The average molecular weight is 250 g/mol. The normalized spacial score (nSPS) is 28.5. The summed E-state index contributed by atoms with van der Waals surface area (Å²) in [6, 6.07) is 1.95. The maximum atomic E-state index is 10.2. The van der Waals surface area contributed by atoms with Crippen molar-refractivity contribution >= 4 is 0 Å². The van der Waals surface area contributed by atoms with Gasteiger partial charge in [0.05, 0.1) is 19.1 Å². The molecule has 2 N–H and O–H groups in total. The molecule has 0 aliphatic heterocycles. The van der Waals surface area contributed by atoms with Crippen molar-refractivity contribution in [3.05, 3.63) is 35.8 Å². The summed E-state index contributed by atoms with van der Waals surface area (Å²) in [5, 5.41) is 19.5. The summed E-state index contributed by atoms with van der Waals surface area (Å²) in [5.74, 6) is 1.03. The first-order chi connectivity index (χ1) is 8.54. The highest BCUT2D eigenvalue weighted by Crippen LogP contribution is 2.37. The van der Waals surface area contributed by atoms with Crippen molar-refractivity contribution in [2.75, 3.05) is 6.61 Å². The Bertz CT molecular complexity index is 405. The van der Waals surface area contributed by atoms with Gasteiger partial charge in [0.2, 0.25) is 0 Å². The van der Waals surface area contributed by atoms with Crippen molar-refractivity contribution in [2.24, 2.45) is 11.8 Å². The van der Waals surface area contributed by atoms with Gasteiger partial charge < -0.3 is 14.6 Å². The van der Waals surface area contributed by atoms with E-state index in [0.717, 1.165) is 18.4 Å². The first kappa shape index (κ1) is 13.4. The zero-order valence-electron chi connectivity index (χ0n) is 11.1. The second-order valence-corrected chi connectivity index (χ2v) is 5.68. The SMILES string of the molecule is CC(C)[C@H]1CC[C@@](O)(CO)C=C1Cc1ccoc1. The molecule has 0 saturated heterocycles. The topological polar surface area (TPSA) is 53.6 Å². The molecule has 2 atom stereocenters. The van der Waals surface area contributed by atoms with Gasteiger partial charge in [-0.15, -0.1) is 0 Å². The fourth-order valence-corrected chi connectivity index (χ4v) is 2.81. The molecule has 2 rings (SSSR count). The lowest BCUT2D eigenvalue weighted by atomic mass is 9.73. The molecule has 0 spiro atoms. The van der Waals surface area contributed by atoms with E-state index in [4.69, 9.17) is 4.42 Å². The summed E-state index contributed by atoms with van der Waals surface area (Å²) in [5.41, 5.74) is 1.30. The van der Waals surface area contributed by atoms with E-state index < -0.39 is 5.60 Å². The number of furan rings is 1. The minimum Gasteiger partial charge on any atom is -0.472 e. The summed E-state index contributed by atoms with van der Waals surface area (Å²) < 4.78 is 5.09. The number of aliphatic hydroxyl groups is 2. The molecular weight excluding hydrogens is 228 g/mol. The van der Waals surface area contributed by atoms with Crippen molar-refractivity contribution in [3.63, 3.8) is 0 Å². The van der Waals surface area contributed by atoms with Crippen LogP contribution in [-0.4, -0.2) is 22.4 Å². The van der Waals surface area contributed by atoms with Gasteiger partial charge in [0.15, 0.2) is 0 Å². The fraction of sp³-hybridized carbons (Fsp3) is 0.600. The van der Waals surface area contributed by atoms with Crippen LogP contribution in [0.2, 0.25) is 0 Å². The standard InChI is InChI=1S/C15H22O3/c1-11(2)14-3-5-15(17,10-16)8-13(14)7-12-4-6-18-9-12/h4,6,8-9,11,14,16-17H,3,5,7,10H2,1-2H3/t14-,15+/m1/s1. The minimum atomic E-state index is -1.04. The van der Waals surface area contributed by atoms with E-state index in [2.05, 4.69) is 13.8 Å². The number of allylic oxidation sites excluding steroid dienone is 1. The Morgan fingerprint density at radius 1 is 1.50 bits per heavy atom. The Hall–Kier alpha value is -1.06. The van der Waals surface area contributed by atoms with Crippen LogP contribution in [0.5, 0.6) is 0 Å². The Labute approximate surface area is 108 Å². The summed E-state index contributed by atoms with van der Waals surface area (Å²) in [4.78, 5) is 0. The number of hydrogen-bond donors (Lipinski definition) is 2. The van der Waals surface area contributed by atoms with E-state index in [1.165, 1.54) is 5.57 Å². The molecule has 0 aromatic carbocycles. The second kappa shape index (κ2) is 5.29. The smallest absolute Gasteiger partial charge is 0.106 e. The number of rotatable bonds is 4. The Morgan fingerprint density at radius 3 is 2.83 bits per heavy atom. The molecule has 0 bridgehead atoms. The van der Waals surface area contributed by atoms with E-state index in [-0.39, 0.29) is 6.61 Å². The highest BCUT2D eigenvalue weighted by Gasteiger charge is 2.33. The lowest BCUT2D eigenvalue weighted by Gasteiger charge is -2.35. The van der Waals surface area contributed by atoms with Crippen LogP contribution in [0.3, 0.4) is 0 Å². The molecule has 1 heterocycles. The molecule has 1 aromatic heterocycles. The van der Waals surface area contributed by atoms with Crippen LogP contribution in [0, 0.1) is 11.8 Å². The summed E-state index contributed by atoms with van der Waals surface area (Å²) in [6.45, 7) is 4.21. The third kappa shape index (κ3) is 2.85. The van der Waals surface area contributed by atoms with Gasteiger partial charge in [-0.2, -0.15) is 0 Å². The third-order valence-electron chi connectivity index (χ3n) is 3.89. The zero-order valence-corrected chi connectivity index (χ0v) is 11.1. The van der Waals surface area contributed by atoms with Crippen molar-refractivity contribution in [3.8, 4) is 0 Å². The maximum absolute atomic E-state index is 10.2. The van der Waals surface area contributed by atoms with Gasteiger partial charge in [0.25, 0.3) is 0 Å². The third-order valence-corrected chi connectivity index (χ3v) is 3.89. The molecule has 0 unspecified atom stereocenters. The van der Waals surface area contributed by atoms with Gasteiger partial charge >= 0.3 is 0 Å². The highest BCUT2D eigenvalue weighted by atomic mass is 16.3. The quantitative estimate of drug-likeness (QED) is 0.807. The van der Waals surface area contributed by atoms with Gasteiger partial charge in [0.1, 0.15) is 5.60 Å². The Kier molecular flexibility index (Phi) is 3.93. The van der Waals surface area contributed by atoms with Crippen LogP contribution in [0.15, 0.2) is 34.7 Å². The molecule has 1 aromatic rings. The van der Waals surface area contributed by atoms with Crippen molar-refractivity contribution < 1.29 is 14.6 Å². The molecule has 0 fully saturated rings. The van der Waals surface area contributed by atoms with Gasteiger partial charge in [-0.05, 0) is 42.7 Å². The van der Waals surface area contributed by atoms with Crippen molar-refractivity contribution in [1.29, 1.82) is 0 Å². The van der Waals surface area contributed by atoms with Crippen LogP contribution in [0.25, 0.3) is 0 Å². The summed E-state index contributed by atoms with van der Waals surface area (Å²) in [7, 11) is 0. The fourth-order valence-electron chi connectivity index (χ4n) is 2.81. The second-order valence-electron chi connectivity index (χ2n) is 5.68. The van der Waals surface area contributed by atoms with E-state index >= 15 is 0 Å². The predicted molar refractivity (Wildman–Crippen MR) is 70.1 cm³/mol. The van der Waals surface area contributed by atoms with Gasteiger partial charge in [-0.25, -0.2) is 0 Å². The van der Waals surface area contributed by atoms with E-state index in [1.807, 2.05) is 12.1 Å². The van der Waals surface area contributed by atoms with E-state index in [1.54, 1.807) is 12.5 Å². The molecule has 1 aliphatic rings. The van der Waals surface area contributed by atoms with Crippen LogP contribution >= 0.6 is 0 Å². The first-order valence-electron chi connectivity index (χ1n) is 6.60. The average Bonchev–Trinajstić information content (AvgIpc) is 2.81. The summed E-state index contributed by atoms with van der Waals surface area (Å²) in [6.07, 6.45) is 7.64. The lowest BCUT2D eigenvalue weighted by molar-refractivity contribution is 0.00722. The van der Waals surface area contributed by atoms with Crippen LogP contribution in [0.1, 0.15) is 32.3 Å². The van der Waals surface area contributed by atoms with Gasteiger partial charge in [-0.1, -0.05) is 25.5 Å².